The van der Waals surface area contributed by atoms with Crippen molar-refractivity contribution in [3.8, 4) is 6.07 Å². The molecule has 0 N–H and O–H groups in total. The summed E-state index contributed by atoms with van der Waals surface area (Å²) in [6.45, 7) is 0. The number of benzene rings is 1. The molecular formula is C9H5ClF3N. The van der Waals surface area contributed by atoms with Gasteiger partial charge < -0.3 is 0 Å². The van der Waals surface area contributed by atoms with Crippen LogP contribution in [0.4, 0.5) is 13.2 Å². The van der Waals surface area contributed by atoms with E-state index in [1.165, 1.54) is 24.3 Å². The van der Waals surface area contributed by atoms with Gasteiger partial charge in [-0.2, -0.15) is 18.4 Å². The molecule has 1 atom stereocenters. The Morgan fingerprint density at radius 2 is 1.71 bits per heavy atom. The number of nitriles is 1. The van der Waals surface area contributed by atoms with Crippen molar-refractivity contribution in [3.63, 3.8) is 0 Å². The van der Waals surface area contributed by atoms with Crippen molar-refractivity contribution < 1.29 is 13.2 Å². The molecule has 0 radical (unpaired) electrons. The molecule has 0 heterocycles. The van der Waals surface area contributed by atoms with E-state index in [0.29, 0.717) is 5.56 Å². The van der Waals surface area contributed by atoms with Crippen molar-refractivity contribution >= 4 is 11.6 Å². The Morgan fingerprint density at radius 1 is 1.21 bits per heavy atom. The van der Waals surface area contributed by atoms with Crippen molar-refractivity contribution in [2.75, 3.05) is 0 Å². The van der Waals surface area contributed by atoms with Gasteiger partial charge in [-0.3, -0.25) is 0 Å². The fourth-order valence-electron chi connectivity index (χ4n) is 0.916. The first-order valence-electron chi connectivity index (χ1n) is 3.66. The minimum absolute atomic E-state index is 0.0573. The zero-order valence-electron chi connectivity index (χ0n) is 6.85. The molecule has 0 fully saturated rings. The van der Waals surface area contributed by atoms with Crippen molar-refractivity contribution in [2.45, 2.75) is 11.6 Å². The summed E-state index contributed by atoms with van der Waals surface area (Å²) in [5.41, 5.74) is 0.248. The van der Waals surface area contributed by atoms with Gasteiger partial charge in [-0.05, 0) is 17.7 Å². The van der Waals surface area contributed by atoms with Gasteiger partial charge in [0.15, 0.2) is 5.38 Å². The lowest BCUT2D eigenvalue weighted by Gasteiger charge is -2.13. The molecule has 5 heteroatoms. The largest absolute Gasteiger partial charge is 0.408 e. The molecule has 0 amide bonds. The summed E-state index contributed by atoms with van der Waals surface area (Å²) in [4.78, 5) is 0. The van der Waals surface area contributed by atoms with E-state index in [1.807, 2.05) is 6.07 Å². The van der Waals surface area contributed by atoms with E-state index in [4.69, 9.17) is 16.9 Å². The molecule has 1 aromatic carbocycles. The summed E-state index contributed by atoms with van der Waals surface area (Å²) in [5, 5.41) is 6.40. The van der Waals surface area contributed by atoms with E-state index >= 15 is 0 Å². The second-order valence-corrected chi connectivity index (χ2v) is 3.07. The number of nitrogens with zero attached hydrogens (tertiary/aromatic N) is 1. The number of hydrogen-bond acceptors (Lipinski definition) is 1. The van der Waals surface area contributed by atoms with Crippen LogP contribution in [0.3, 0.4) is 0 Å². The first-order chi connectivity index (χ1) is 6.45. The van der Waals surface area contributed by atoms with E-state index in [1.54, 1.807) is 0 Å². The Hall–Kier alpha value is -1.21. The van der Waals surface area contributed by atoms with E-state index in [-0.39, 0.29) is 5.56 Å². The Bertz CT molecular complexity index is 350. The van der Waals surface area contributed by atoms with Crippen LogP contribution in [0.25, 0.3) is 0 Å². The van der Waals surface area contributed by atoms with Crippen LogP contribution in [-0.4, -0.2) is 6.18 Å². The average Bonchev–Trinajstić information content (AvgIpc) is 2.15. The molecular weight excluding hydrogens is 215 g/mol. The lowest BCUT2D eigenvalue weighted by molar-refractivity contribution is -0.131. The Balaban J connectivity index is 2.94. The summed E-state index contributed by atoms with van der Waals surface area (Å²) in [5.74, 6) is 0. The third kappa shape index (κ3) is 2.39. The number of halogens is 4. The maximum Gasteiger partial charge on any atom is 0.408 e. The topological polar surface area (TPSA) is 23.8 Å². The van der Waals surface area contributed by atoms with Crippen molar-refractivity contribution in [1.29, 1.82) is 5.26 Å². The van der Waals surface area contributed by atoms with Crippen molar-refractivity contribution in [2.24, 2.45) is 0 Å². The number of hydrogen-bond donors (Lipinski definition) is 0. The van der Waals surface area contributed by atoms with Crippen LogP contribution in [-0.2, 0) is 0 Å². The zero-order chi connectivity index (χ0) is 10.8. The highest BCUT2D eigenvalue weighted by Crippen LogP contribution is 2.37. The molecule has 14 heavy (non-hydrogen) atoms. The van der Waals surface area contributed by atoms with Gasteiger partial charge in [-0.1, -0.05) is 12.1 Å². The highest BCUT2D eigenvalue weighted by Gasteiger charge is 2.39. The Labute approximate surface area is 83.7 Å². The molecule has 1 nitrogen and oxygen atoms in total. The fourth-order valence-corrected chi connectivity index (χ4v) is 1.06. The number of alkyl halides is 4. The van der Waals surface area contributed by atoms with E-state index < -0.39 is 11.6 Å². The third-order valence-electron chi connectivity index (χ3n) is 1.62. The third-order valence-corrected chi connectivity index (χ3v) is 2.12. The lowest BCUT2D eigenvalue weighted by atomic mass is 10.1. The Morgan fingerprint density at radius 3 is 2.07 bits per heavy atom. The van der Waals surface area contributed by atoms with E-state index in [9.17, 15) is 13.2 Å². The van der Waals surface area contributed by atoms with Gasteiger partial charge in [0.1, 0.15) is 0 Å². The molecule has 0 bridgehead atoms. The predicted octanol–water partition coefficient (Wildman–Crippen LogP) is 3.40. The van der Waals surface area contributed by atoms with Gasteiger partial charge in [0, 0.05) is 0 Å². The molecule has 1 rings (SSSR count). The first kappa shape index (κ1) is 10.9. The van der Waals surface area contributed by atoms with Crippen LogP contribution in [0.2, 0.25) is 0 Å². The van der Waals surface area contributed by atoms with Crippen LogP contribution in [0.1, 0.15) is 16.5 Å². The summed E-state index contributed by atoms with van der Waals surface area (Å²) in [6, 6.07) is 6.81. The first-order valence-corrected chi connectivity index (χ1v) is 4.09. The quantitative estimate of drug-likeness (QED) is 0.664. The minimum Gasteiger partial charge on any atom is -0.192 e. The average molecular weight is 220 g/mol. The molecule has 0 spiro atoms. The summed E-state index contributed by atoms with van der Waals surface area (Å²) in [6.07, 6.45) is -4.46. The molecule has 1 unspecified atom stereocenters. The predicted molar refractivity (Wildman–Crippen MR) is 45.8 cm³/mol. The highest BCUT2D eigenvalue weighted by molar-refractivity contribution is 6.21. The van der Waals surface area contributed by atoms with Gasteiger partial charge in [0.05, 0.1) is 11.6 Å². The summed E-state index contributed by atoms with van der Waals surface area (Å²) < 4.78 is 36.4. The standard InChI is InChI=1S/C9H5ClF3N/c10-8(9(11,12)13)7-3-1-6(5-14)2-4-7/h1-4,8H. The monoisotopic (exact) mass is 219 g/mol. The van der Waals surface area contributed by atoms with Crippen molar-refractivity contribution in [1.82, 2.24) is 0 Å². The second-order valence-electron chi connectivity index (χ2n) is 2.64. The molecule has 74 valence electrons. The maximum absolute atomic E-state index is 12.1. The molecule has 0 aromatic heterocycles. The lowest BCUT2D eigenvalue weighted by Crippen LogP contribution is -2.15. The SMILES string of the molecule is N#Cc1ccc(C(Cl)C(F)(F)F)cc1. The Kier molecular flexibility index (Phi) is 3.02. The molecule has 0 aliphatic carbocycles. The smallest absolute Gasteiger partial charge is 0.192 e. The summed E-state index contributed by atoms with van der Waals surface area (Å²) >= 11 is 5.17. The fraction of sp³-hybridized carbons (Fsp3) is 0.222. The molecule has 1 aromatic rings. The van der Waals surface area contributed by atoms with Gasteiger partial charge in [-0.25, -0.2) is 0 Å². The van der Waals surface area contributed by atoms with Crippen LogP contribution in [0.5, 0.6) is 0 Å². The molecule has 0 saturated carbocycles. The van der Waals surface area contributed by atoms with Crippen LogP contribution >= 0.6 is 11.6 Å². The molecule has 0 aliphatic heterocycles. The van der Waals surface area contributed by atoms with Crippen LogP contribution in [0.15, 0.2) is 24.3 Å². The van der Waals surface area contributed by atoms with Gasteiger partial charge >= 0.3 is 6.18 Å². The van der Waals surface area contributed by atoms with Gasteiger partial charge in [0.25, 0.3) is 0 Å². The second kappa shape index (κ2) is 3.89. The zero-order valence-corrected chi connectivity index (χ0v) is 7.60. The molecule has 0 saturated heterocycles. The minimum atomic E-state index is -4.46. The van der Waals surface area contributed by atoms with Gasteiger partial charge in [0.2, 0.25) is 0 Å². The van der Waals surface area contributed by atoms with Crippen LogP contribution in [0, 0.1) is 11.3 Å². The van der Waals surface area contributed by atoms with Gasteiger partial charge in [-0.15, -0.1) is 11.6 Å². The summed E-state index contributed by atoms with van der Waals surface area (Å²) in [7, 11) is 0. The normalized spacial score (nSPS) is 13.4. The highest BCUT2D eigenvalue weighted by atomic mass is 35.5. The molecule has 0 aliphatic rings. The van der Waals surface area contributed by atoms with Crippen molar-refractivity contribution in [3.05, 3.63) is 35.4 Å². The van der Waals surface area contributed by atoms with E-state index in [0.717, 1.165) is 0 Å². The van der Waals surface area contributed by atoms with E-state index in [2.05, 4.69) is 0 Å². The maximum atomic E-state index is 12.1. The number of rotatable bonds is 1. The van der Waals surface area contributed by atoms with Crippen LogP contribution < -0.4 is 0 Å².